The molecule has 2 fully saturated rings. The summed E-state index contributed by atoms with van der Waals surface area (Å²) in [6.07, 6.45) is 19.5. The van der Waals surface area contributed by atoms with Crippen molar-refractivity contribution >= 4 is 0 Å². The molecule has 0 unspecified atom stereocenters. The van der Waals surface area contributed by atoms with Gasteiger partial charge in [0, 0.05) is 6.08 Å². The molecule has 0 N–H and O–H groups in total. The third-order valence-electron chi connectivity index (χ3n) is 5.86. The highest BCUT2D eigenvalue weighted by Crippen LogP contribution is 2.37. The molecule has 0 atom stereocenters. The third-order valence-corrected chi connectivity index (χ3v) is 5.86. The number of nitrogens with zero attached hydrogens (tertiary/aromatic N) is 1. The maximum absolute atomic E-state index is 8.58. The highest BCUT2D eigenvalue weighted by Gasteiger charge is 2.23. The predicted molar refractivity (Wildman–Crippen MR) is 85.2 cm³/mol. The molecular weight excluding hydrogens is 242 g/mol. The Labute approximate surface area is 125 Å². The van der Waals surface area contributed by atoms with Crippen LogP contribution < -0.4 is 0 Å². The standard InChI is InChI=1S/C19H31N/c1-2-16-5-7-18(8-6-16)13-14-19-11-9-17(10-12-19)4-3-15-20/h3-4,16-19H,2,5-14H2,1H3/b4-3+. The Balaban J connectivity index is 1.60. The van der Waals surface area contributed by atoms with Gasteiger partial charge in [0.1, 0.15) is 0 Å². The predicted octanol–water partition coefficient (Wildman–Crippen LogP) is 5.87. The second-order valence-corrected chi connectivity index (χ2v) is 7.14. The van der Waals surface area contributed by atoms with Crippen LogP contribution in [0.25, 0.3) is 0 Å². The summed E-state index contributed by atoms with van der Waals surface area (Å²) in [5.74, 6) is 3.74. The summed E-state index contributed by atoms with van der Waals surface area (Å²) in [7, 11) is 0. The van der Waals surface area contributed by atoms with Gasteiger partial charge in [-0.3, -0.25) is 0 Å². The molecule has 2 aliphatic rings. The SMILES string of the molecule is CCC1CCC(CCC2CCC(/C=C/C#N)CC2)CC1. The van der Waals surface area contributed by atoms with Crippen molar-refractivity contribution in [2.75, 3.05) is 0 Å². The molecule has 1 heteroatoms. The van der Waals surface area contributed by atoms with Crippen LogP contribution in [0.1, 0.15) is 77.6 Å². The monoisotopic (exact) mass is 273 g/mol. The second-order valence-electron chi connectivity index (χ2n) is 7.14. The molecule has 0 aromatic heterocycles. The number of hydrogen-bond donors (Lipinski definition) is 0. The van der Waals surface area contributed by atoms with E-state index in [2.05, 4.69) is 19.1 Å². The molecule has 2 rings (SSSR count). The van der Waals surface area contributed by atoms with Crippen LogP contribution in [-0.2, 0) is 0 Å². The van der Waals surface area contributed by atoms with Crippen LogP contribution in [0.15, 0.2) is 12.2 Å². The average Bonchev–Trinajstić information content (AvgIpc) is 2.52. The Morgan fingerprint density at radius 3 is 1.85 bits per heavy atom. The Morgan fingerprint density at radius 1 is 0.850 bits per heavy atom. The van der Waals surface area contributed by atoms with E-state index in [0.717, 1.165) is 17.8 Å². The van der Waals surface area contributed by atoms with Gasteiger partial charge >= 0.3 is 0 Å². The molecule has 0 radical (unpaired) electrons. The van der Waals surface area contributed by atoms with Gasteiger partial charge in [0.2, 0.25) is 0 Å². The molecule has 0 saturated heterocycles. The number of hydrogen-bond acceptors (Lipinski definition) is 1. The quantitative estimate of drug-likeness (QED) is 0.575. The van der Waals surface area contributed by atoms with Gasteiger partial charge in [-0.1, -0.05) is 57.9 Å². The molecule has 2 aliphatic carbocycles. The molecule has 20 heavy (non-hydrogen) atoms. The minimum atomic E-state index is 0.686. The number of allylic oxidation sites excluding steroid dienone is 2. The Morgan fingerprint density at radius 2 is 1.35 bits per heavy atom. The zero-order valence-electron chi connectivity index (χ0n) is 13.2. The molecule has 2 saturated carbocycles. The first-order valence-electron chi connectivity index (χ1n) is 8.88. The van der Waals surface area contributed by atoms with Gasteiger partial charge in [-0.15, -0.1) is 0 Å². The van der Waals surface area contributed by atoms with Crippen molar-refractivity contribution in [2.45, 2.75) is 77.6 Å². The van der Waals surface area contributed by atoms with Crippen LogP contribution in [0, 0.1) is 35.0 Å². The smallest absolute Gasteiger partial charge is 0.0908 e. The van der Waals surface area contributed by atoms with Crippen molar-refractivity contribution in [1.82, 2.24) is 0 Å². The zero-order chi connectivity index (χ0) is 14.2. The van der Waals surface area contributed by atoms with Crippen LogP contribution in [0.5, 0.6) is 0 Å². The molecule has 112 valence electrons. The second kappa shape index (κ2) is 8.50. The fraction of sp³-hybridized carbons (Fsp3) is 0.842. The summed E-state index contributed by atoms with van der Waals surface area (Å²) in [5, 5.41) is 8.58. The molecule has 0 aromatic rings. The van der Waals surface area contributed by atoms with Crippen LogP contribution >= 0.6 is 0 Å². The van der Waals surface area contributed by atoms with E-state index in [0.29, 0.717) is 5.92 Å². The van der Waals surface area contributed by atoms with E-state index in [1.807, 2.05) is 0 Å². The van der Waals surface area contributed by atoms with E-state index >= 15 is 0 Å². The van der Waals surface area contributed by atoms with Gasteiger partial charge in [-0.05, 0) is 49.4 Å². The maximum atomic E-state index is 8.58. The van der Waals surface area contributed by atoms with Crippen molar-refractivity contribution in [3.63, 3.8) is 0 Å². The summed E-state index contributed by atoms with van der Waals surface area (Å²) < 4.78 is 0. The lowest BCUT2D eigenvalue weighted by Crippen LogP contribution is -2.17. The maximum Gasteiger partial charge on any atom is 0.0908 e. The molecule has 0 bridgehead atoms. The summed E-state index contributed by atoms with van der Waals surface area (Å²) in [6, 6.07) is 2.12. The largest absolute Gasteiger partial charge is 0.193 e. The molecule has 0 aromatic carbocycles. The lowest BCUT2D eigenvalue weighted by molar-refractivity contribution is 0.224. The lowest BCUT2D eigenvalue weighted by atomic mass is 9.75. The van der Waals surface area contributed by atoms with Crippen molar-refractivity contribution in [1.29, 1.82) is 5.26 Å². The van der Waals surface area contributed by atoms with E-state index in [4.69, 9.17) is 5.26 Å². The Kier molecular flexibility index (Phi) is 6.64. The summed E-state index contributed by atoms with van der Waals surface area (Å²) in [4.78, 5) is 0. The van der Waals surface area contributed by atoms with Gasteiger partial charge in [0.05, 0.1) is 6.07 Å². The van der Waals surface area contributed by atoms with Gasteiger partial charge < -0.3 is 0 Å². The molecule has 0 amide bonds. The van der Waals surface area contributed by atoms with Gasteiger partial charge in [-0.25, -0.2) is 0 Å². The topological polar surface area (TPSA) is 23.8 Å². The van der Waals surface area contributed by atoms with Crippen molar-refractivity contribution < 1.29 is 0 Å². The van der Waals surface area contributed by atoms with E-state index in [1.54, 1.807) is 6.08 Å². The number of rotatable bonds is 5. The van der Waals surface area contributed by atoms with E-state index < -0.39 is 0 Å². The van der Waals surface area contributed by atoms with Crippen molar-refractivity contribution in [2.24, 2.45) is 23.7 Å². The minimum absolute atomic E-state index is 0.686. The van der Waals surface area contributed by atoms with Gasteiger partial charge in [-0.2, -0.15) is 5.26 Å². The van der Waals surface area contributed by atoms with Crippen LogP contribution in [0.3, 0.4) is 0 Å². The summed E-state index contributed by atoms with van der Waals surface area (Å²) >= 11 is 0. The average molecular weight is 273 g/mol. The summed E-state index contributed by atoms with van der Waals surface area (Å²) in [6.45, 7) is 2.35. The molecule has 0 heterocycles. The normalized spacial score (nSPS) is 35.0. The van der Waals surface area contributed by atoms with Crippen molar-refractivity contribution in [3.05, 3.63) is 12.2 Å². The van der Waals surface area contributed by atoms with Gasteiger partial charge in [0.25, 0.3) is 0 Å². The number of nitriles is 1. The lowest BCUT2D eigenvalue weighted by Gasteiger charge is -2.31. The van der Waals surface area contributed by atoms with E-state index in [9.17, 15) is 0 Å². The fourth-order valence-electron chi connectivity index (χ4n) is 4.25. The third kappa shape index (κ3) is 4.97. The van der Waals surface area contributed by atoms with E-state index in [1.165, 1.54) is 70.6 Å². The fourth-order valence-corrected chi connectivity index (χ4v) is 4.25. The first-order chi connectivity index (χ1) is 9.81. The van der Waals surface area contributed by atoms with Crippen LogP contribution in [0.2, 0.25) is 0 Å². The molecule has 0 spiro atoms. The summed E-state index contributed by atoms with van der Waals surface area (Å²) in [5.41, 5.74) is 0. The highest BCUT2D eigenvalue weighted by molar-refractivity contribution is 5.04. The molecule has 1 nitrogen and oxygen atoms in total. The first-order valence-corrected chi connectivity index (χ1v) is 8.88. The Hall–Kier alpha value is -0.770. The zero-order valence-corrected chi connectivity index (χ0v) is 13.2. The molecule has 0 aliphatic heterocycles. The minimum Gasteiger partial charge on any atom is -0.193 e. The highest BCUT2D eigenvalue weighted by atomic mass is 14.3. The van der Waals surface area contributed by atoms with Crippen LogP contribution in [-0.4, -0.2) is 0 Å². The first kappa shape index (κ1) is 15.6. The van der Waals surface area contributed by atoms with Crippen LogP contribution in [0.4, 0.5) is 0 Å². The van der Waals surface area contributed by atoms with Gasteiger partial charge in [0.15, 0.2) is 0 Å². The Bertz CT molecular complexity index is 322. The van der Waals surface area contributed by atoms with Crippen molar-refractivity contribution in [3.8, 4) is 6.07 Å². The van der Waals surface area contributed by atoms with E-state index in [-0.39, 0.29) is 0 Å². The molecular formula is C19H31N.